The lowest BCUT2D eigenvalue weighted by Crippen LogP contribution is -2.30. The van der Waals surface area contributed by atoms with Gasteiger partial charge in [0.25, 0.3) is 6.04 Å². The predicted octanol–water partition coefficient (Wildman–Crippen LogP) is 1.50. The number of hydrogen-bond donors (Lipinski definition) is 0. The SMILES string of the molecule is C=C(C)C(=O)OCC(CC(=C=O)C(=O)Oc1ccccc1)[N+](=O)[O-]. The molecule has 0 saturated heterocycles. The first kappa shape index (κ1) is 18.8. The predicted molar refractivity (Wildman–Crippen MR) is 82.5 cm³/mol. The van der Waals surface area contributed by atoms with Gasteiger partial charge in [-0.25, -0.2) is 14.4 Å². The van der Waals surface area contributed by atoms with Crippen LogP contribution < -0.4 is 4.74 Å². The molecular weight excluding hydrogens is 318 g/mol. The third-order valence-corrected chi connectivity index (χ3v) is 2.82. The minimum atomic E-state index is -1.48. The van der Waals surface area contributed by atoms with Gasteiger partial charge in [0.1, 0.15) is 17.3 Å². The lowest BCUT2D eigenvalue weighted by Gasteiger charge is -2.10. The Kier molecular flexibility index (Phi) is 7.06. The molecule has 0 saturated carbocycles. The molecule has 0 heterocycles. The summed E-state index contributed by atoms with van der Waals surface area (Å²) < 4.78 is 9.62. The maximum absolute atomic E-state index is 11.9. The summed E-state index contributed by atoms with van der Waals surface area (Å²) in [6.07, 6.45) is -0.578. The molecule has 1 aromatic carbocycles. The van der Waals surface area contributed by atoms with Gasteiger partial charge in [-0.05, 0) is 19.1 Å². The number of esters is 2. The van der Waals surface area contributed by atoms with Crippen LogP contribution in [0.3, 0.4) is 0 Å². The van der Waals surface area contributed by atoms with Gasteiger partial charge in [0.15, 0.2) is 6.61 Å². The Labute approximate surface area is 137 Å². The maximum atomic E-state index is 11.9. The maximum Gasteiger partial charge on any atom is 0.350 e. The Morgan fingerprint density at radius 2 is 1.92 bits per heavy atom. The Morgan fingerprint density at radius 1 is 1.29 bits per heavy atom. The van der Waals surface area contributed by atoms with E-state index in [0.717, 1.165) is 0 Å². The van der Waals surface area contributed by atoms with Crippen molar-refractivity contribution in [2.45, 2.75) is 19.4 Å². The van der Waals surface area contributed by atoms with Crippen molar-refractivity contribution in [3.05, 3.63) is 58.2 Å². The van der Waals surface area contributed by atoms with E-state index >= 15 is 0 Å². The van der Waals surface area contributed by atoms with Crippen LogP contribution in [0.15, 0.2) is 48.1 Å². The molecule has 1 unspecified atom stereocenters. The first-order chi connectivity index (χ1) is 11.3. The molecule has 24 heavy (non-hydrogen) atoms. The van der Waals surface area contributed by atoms with E-state index in [4.69, 9.17) is 9.47 Å². The van der Waals surface area contributed by atoms with Crippen molar-refractivity contribution < 1.29 is 28.8 Å². The van der Waals surface area contributed by atoms with Gasteiger partial charge in [-0.2, -0.15) is 0 Å². The summed E-state index contributed by atoms with van der Waals surface area (Å²) in [5.41, 5.74) is -0.473. The fourth-order valence-electron chi connectivity index (χ4n) is 1.55. The second kappa shape index (κ2) is 9.02. The number of carbonyl (C=O) groups is 2. The number of nitro groups is 1. The summed E-state index contributed by atoms with van der Waals surface area (Å²) in [5.74, 6) is -0.318. The van der Waals surface area contributed by atoms with Crippen LogP contribution in [0.4, 0.5) is 0 Å². The Morgan fingerprint density at radius 3 is 2.42 bits per heavy atom. The third kappa shape index (κ3) is 5.86. The molecule has 0 aliphatic carbocycles. The van der Waals surface area contributed by atoms with E-state index in [1.807, 2.05) is 0 Å². The molecule has 0 aromatic heterocycles. The molecule has 8 nitrogen and oxygen atoms in total. The highest BCUT2D eigenvalue weighted by Crippen LogP contribution is 2.14. The molecule has 8 heteroatoms. The van der Waals surface area contributed by atoms with E-state index < -0.39 is 41.5 Å². The molecule has 0 bridgehead atoms. The largest absolute Gasteiger partial charge is 0.455 e. The van der Waals surface area contributed by atoms with Crippen LogP contribution in [-0.4, -0.2) is 35.5 Å². The van der Waals surface area contributed by atoms with Crippen molar-refractivity contribution in [2.24, 2.45) is 0 Å². The zero-order valence-corrected chi connectivity index (χ0v) is 12.9. The summed E-state index contributed by atoms with van der Waals surface area (Å²) in [6, 6.07) is 6.42. The van der Waals surface area contributed by atoms with E-state index in [2.05, 4.69) is 6.58 Å². The first-order valence-corrected chi connectivity index (χ1v) is 6.82. The van der Waals surface area contributed by atoms with Crippen LogP contribution in [0, 0.1) is 10.1 Å². The quantitative estimate of drug-likeness (QED) is 0.177. The monoisotopic (exact) mass is 333 g/mol. The molecule has 0 spiro atoms. The van der Waals surface area contributed by atoms with Crippen LogP contribution in [0.5, 0.6) is 5.75 Å². The van der Waals surface area contributed by atoms with Crippen LogP contribution >= 0.6 is 0 Å². The zero-order valence-electron chi connectivity index (χ0n) is 12.9. The van der Waals surface area contributed by atoms with Crippen LogP contribution in [0.1, 0.15) is 13.3 Å². The highest BCUT2D eigenvalue weighted by Gasteiger charge is 2.28. The smallest absolute Gasteiger partial charge is 0.350 e. The van der Waals surface area contributed by atoms with Crippen molar-refractivity contribution >= 4 is 17.9 Å². The number of nitrogens with zero attached hydrogens (tertiary/aromatic N) is 1. The number of benzene rings is 1. The van der Waals surface area contributed by atoms with Crippen molar-refractivity contribution in [1.82, 2.24) is 0 Å². The lowest BCUT2D eigenvalue weighted by molar-refractivity contribution is -0.524. The second-order valence-corrected chi connectivity index (χ2v) is 4.81. The van der Waals surface area contributed by atoms with E-state index in [1.165, 1.54) is 25.0 Å². The third-order valence-electron chi connectivity index (χ3n) is 2.82. The second-order valence-electron chi connectivity index (χ2n) is 4.81. The molecule has 0 fully saturated rings. The van der Waals surface area contributed by atoms with E-state index in [1.54, 1.807) is 18.2 Å². The van der Waals surface area contributed by atoms with Gasteiger partial charge in [0.2, 0.25) is 0 Å². The Bertz CT molecular complexity index is 690. The van der Waals surface area contributed by atoms with Gasteiger partial charge >= 0.3 is 11.9 Å². The molecule has 1 aromatic rings. The minimum Gasteiger partial charge on any atom is -0.455 e. The fraction of sp³-hybridized carbons (Fsp3) is 0.250. The van der Waals surface area contributed by atoms with E-state index in [-0.39, 0.29) is 11.3 Å². The standard InChI is InChI=1S/C16H15NO7/c1-11(2)15(19)23-10-13(17(21)22)8-12(9-18)16(20)24-14-6-4-3-5-7-14/h3-7,13H,1,8,10H2,2H3. The van der Waals surface area contributed by atoms with Crippen LogP contribution in [-0.2, 0) is 19.1 Å². The summed E-state index contributed by atoms with van der Waals surface area (Å²) in [4.78, 5) is 44.4. The first-order valence-electron chi connectivity index (χ1n) is 6.82. The average molecular weight is 333 g/mol. The highest BCUT2D eigenvalue weighted by molar-refractivity contribution is 5.98. The molecular formula is C16H15NO7. The molecule has 0 aliphatic rings. The van der Waals surface area contributed by atoms with Crippen molar-refractivity contribution in [1.29, 1.82) is 0 Å². The average Bonchev–Trinajstić information content (AvgIpc) is 2.55. The van der Waals surface area contributed by atoms with Crippen LogP contribution in [0.25, 0.3) is 0 Å². The Balaban J connectivity index is 2.74. The molecule has 0 radical (unpaired) electrons. The number of para-hydroxylation sites is 1. The summed E-state index contributed by atoms with van der Waals surface area (Å²) in [6.45, 7) is 4.12. The summed E-state index contributed by atoms with van der Waals surface area (Å²) in [5, 5.41) is 11.0. The summed E-state index contributed by atoms with van der Waals surface area (Å²) >= 11 is 0. The van der Waals surface area contributed by atoms with Crippen molar-refractivity contribution in [3.63, 3.8) is 0 Å². The lowest BCUT2D eigenvalue weighted by atomic mass is 10.1. The van der Waals surface area contributed by atoms with Gasteiger partial charge in [0, 0.05) is 10.5 Å². The fourth-order valence-corrected chi connectivity index (χ4v) is 1.55. The van der Waals surface area contributed by atoms with Gasteiger partial charge in [-0.1, -0.05) is 24.8 Å². The number of ether oxygens (including phenoxy) is 2. The zero-order chi connectivity index (χ0) is 18.1. The van der Waals surface area contributed by atoms with Gasteiger partial charge in [0.05, 0.1) is 6.42 Å². The van der Waals surface area contributed by atoms with Crippen molar-refractivity contribution in [3.8, 4) is 5.75 Å². The molecule has 1 atom stereocenters. The van der Waals surface area contributed by atoms with Gasteiger partial charge < -0.3 is 9.47 Å². The van der Waals surface area contributed by atoms with E-state index in [0.29, 0.717) is 0 Å². The molecule has 1 rings (SSSR count). The summed E-state index contributed by atoms with van der Waals surface area (Å²) in [7, 11) is 0. The minimum absolute atomic E-state index is 0.0757. The van der Waals surface area contributed by atoms with Gasteiger partial charge in [-0.15, -0.1) is 0 Å². The topological polar surface area (TPSA) is 113 Å². The molecule has 0 N–H and O–H groups in total. The normalized spacial score (nSPS) is 10.9. The number of rotatable bonds is 8. The molecule has 0 amide bonds. The highest BCUT2D eigenvalue weighted by atomic mass is 16.6. The van der Waals surface area contributed by atoms with Crippen molar-refractivity contribution in [2.75, 3.05) is 6.61 Å². The molecule has 126 valence electrons. The Hall–Kier alpha value is -3.25. The van der Waals surface area contributed by atoms with Crippen LogP contribution in [0.2, 0.25) is 0 Å². The molecule has 0 aliphatic heterocycles. The van der Waals surface area contributed by atoms with Gasteiger partial charge in [-0.3, -0.25) is 10.1 Å². The number of hydrogen-bond acceptors (Lipinski definition) is 7. The van der Waals surface area contributed by atoms with E-state index in [9.17, 15) is 24.5 Å². The number of carbonyl (C=O) groups excluding carboxylic acids is 3.